The molecule has 2 aromatic carbocycles. The highest BCUT2D eigenvalue weighted by atomic mass is 79.9. The molecule has 174 valence electrons. The molecule has 1 aromatic heterocycles. The zero-order valence-electron chi connectivity index (χ0n) is 18.1. The SMILES string of the molecule is Cn1c(SCCCN2C[C@@H]3C[C@]3(c3ccc(Br)cc3)C2)nnc1-c1ccc(C(F)(F)F)cc1. The molecule has 4 nitrogen and oxygen atoms in total. The summed E-state index contributed by atoms with van der Waals surface area (Å²) in [5, 5.41) is 9.22. The molecule has 33 heavy (non-hydrogen) atoms. The van der Waals surface area contributed by atoms with Crippen molar-refractivity contribution >= 4 is 27.7 Å². The first-order chi connectivity index (χ1) is 15.8. The third-order valence-corrected chi connectivity index (χ3v) is 8.43. The number of alkyl halides is 3. The van der Waals surface area contributed by atoms with Crippen molar-refractivity contribution in [1.82, 2.24) is 19.7 Å². The average molecular weight is 537 g/mol. The van der Waals surface area contributed by atoms with Crippen LogP contribution in [0.1, 0.15) is 24.0 Å². The lowest BCUT2D eigenvalue weighted by Gasteiger charge is -2.21. The second-order valence-corrected chi connectivity index (χ2v) is 10.9. The highest BCUT2D eigenvalue weighted by Gasteiger charge is 2.60. The van der Waals surface area contributed by atoms with Gasteiger partial charge in [0, 0.05) is 41.3 Å². The van der Waals surface area contributed by atoms with Gasteiger partial charge in [0.15, 0.2) is 11.0 Å². The highest BCUT2D eigenvalue weighted by molar-refractivity contribution is 9.10. The number of piperidine rings is 1. The fourth-order valence-electron chi connectivity index (χ4n) is 4.94. The number of aromatic nitrogens is 3. The molecule has 0 amide bonds. The molecule has 0 unspecified atom stereocenters. The minimum atomic E-state index is -4.34. The second kappa shape index (κ2) is 8.74. The summed E-state index contributed by atoms with van der Waals surface area (Å²) in [5.41, 5.74) is 1.78. The van der Waals surface area contributed by atoms with E-state index in [1.807, 2.05) is 11.6 Å². The van der Waals surface area contributed by atoms with Crippen molar-refractivity contribution in [2.24, 2.45) is 13.0 Å². The Morgan fingerprint density at radius 2 is 1.82 bits per heavy atom. The summed E-state index contributed by atoms with van der Waals surface area (Å²) < 4.78 is 41.4. The predicted molar refractivity (Wildman–Crippen MR) is 127 cm³/mol. The topological polar surface area (TPSA) is 34.0 Å². The molecule has 2 aliphatic rings. The van der Waals surface area contributed by atoms with Crippen LogP contribution in [-0.4, -0.2) is 45.1 Å². The van der Waals surface area contributed by atoms with E-state index in [0.717, 1.165) is 52.9 Å². The first-order valence-corrected chi connectivity index (χ1v) is 12.7. The van der Waals surface area contributed by atoms with Crippen LogP contribution in [0.3, 0.4) is 0 Å². The van der Waals surface area contributed by atoms with E-state index >= 15 is 0 Å². The molecule has 0 spiro atoms. The van der Waals surface area contributed by atoms with Crippen molar-refractivity contribution in [3.05, 3.63) is 64.1 Å². The molecule has 2 heterocycles. The Morgan fingerprint density at radius 1 is 1.09 bits per heavy atom. The zero-order valence-corrected chi connectivity index (χ0v) is 20.6. The number of thioether (sulfide) groups is 1. The van der Waals surface area contributed by atoms with Crippen molar-refractivity contribution in [2.45, 2.75) is 29.6 Å². The van der Waals surface area contributed by atoms with Crippen LogP contribution in [0.25, 0.3) is 11.4 Å². The van der Waals surface area contributed by atoms with Crippen LogP contribution < -0.4 is 0 Å². The van der Waals surface area contributed by atoms with Crippen molar-refractivity contribution < 1.29 is 13.2 Å². The van der Waals surface area contributed by atoms with Crippen molar-refractivity contribution in [3.63, 3.8) is 0 Å². The zero-order chi connectivity index (χ0) is 23.2. The second-order valence-electron chi connectivity index (χ2n) is 8.94. The molecule has 1 aliphatic carbocycles. The van der Waals surface area contributed by atoms with Gasteiger partial charge in [0.05, 0.1) is 5.56 Å². The van der Waals surface area contributed by atoms with Gasteiger partial charge < -0.3 is 9.47 Å². The highest BCUT2D eigenvalue weighted by Crippen LogP contribution is 2.59. The quantitative estimate of drug-likeness (QED) is 0.273. The van der Waals surface area contributed by atoms with Gasteiger partial charge >= 0.3 is 6.18 Å². The number of fused-ring (bicyclic) bond motifs is 1. The summed E-state index contributed by atoms with van der Waals surface area (Å²) in [4.78, 5) is 2.57. The first-order valence-electron chi connectivity index (χ1n) is 10.9. The van der Waals surface area contributed by atoms with E-state index < -0.39 is 11.7 Å². The summed E-state index contributed by atoms with van der Waals surface area (Å²) in [6.45, 7) is 3.36. The summed E-state index contributed by atoms with van der Waals surface area (Å²) in [5.74, 6) is 2.27. The molecule has 3 aromatic rings. The van der Waals surface area contributed by atoms with Crippen LogP contribution in [0, 0.1) is 5.92 Å². The molecule has 1 saturated carbocycles. The lowest BCUT2D eigenvalue weighted by atomic mass is 9.95. The number of nitrogens with zero attached hydrogens (tertiary/aromatic N) is 4. The van der Waals surface area contributed by atoms with Crippen molar-refractivity contribution in [3.8, 4) is 11.4 Å². The summed E-state index contributed by atoms with van der Waals surface area (Å²) in [7, 11) is 1.85. The molecule has 9 heteroatoms. The molecule has 1 saturated heterocycles. The Balaban J connectivity index is 1.12. The van der Waals surface area contributed by atoms with Gasteiger partial charge in [-0.25, -0.2) is 0 Å². The maximum atomic E-state index is 12.8. The summed E-state index contributed by atoms with van der Waals surface area (Å²) in [6.07, 6.45) is -1.99. The molecule has 0 radical (unpaired) electrons. The van der Waals surface area contributed by atoms with Crippen molar-refractivity contribution in [2.75, 3.05) is 25.4 Å². The normalized spacial score (nSPS) is 22.5. The Kier molecular flexibility index (Phi) is 6.07. The number of hydrogen-bond donors (Lipinski definition) is 0. The van der Waals surface area contributed by atoms with Crippen LogP contribution in [0.2, 0.25) is 0 Å². The molecule has 5 rings (SSSR count). The molecule has 1 aliphatic heterocycles. The third kappa shape index (κ3) is 4.59. The van der Waals surface area contributed by atoms with E-state index in [9.17, 15) is 13.2 Å². The van der Waals surface area contributed by atoms with E-state index in [0.29, 0.717) is 16.8 Å². The van der Waals surface area contributed by atoms with Gasteiger partial charge in [0.25, 0.3) is 0 Å². The van der Waals surface area contributed by atoms with E-state index in [4.69, 9.17) is 0 Å². The van der Waals surface area contributed by atoms with Crippen LogP contribution in [-0.2, 0) is 18.6 Å². The van der Waals surface area contributed by atoms with Gasteiger partial charge in [0.2, 0.25) is 0 Å². The van der Waals surface area contributed by atoms with Crippen LogP contribution in [0.4, 0.5) is 13.2 Å². The van der Waals surface area contributed by atoms with Crippen molar-refractivity contribution in [1.29, 1.82) is 0 Å². The summed E-state index contributed by atoms with van der Waals surface area (Å²) in [6, 6.07) is 13.8. The Hall–Kier alpha value is -1.84. The number of hydrogen-bond acceptors (Lipinski definition) is 4. The number of rotatable bonds is 7. The lowest BCUT2D eigenvalue weighted by molar-refractivity contribution is -0.137. The molecule has 2 fully saturated rings. The third-order valence-electron chi connectivity index (χ3n) is 6.79. The monoisotopic (exact) mass is 536 g/mol. The first kappa shape index (κ1) is 22.9. The van der Waals surface area contributed by atoms with E-state index in [1.54, 1.807) is 11.8 Å². The number of halogens is 4. The molecule has 0 N–H and O–H groups in total. The average Bonchev–Trinajstić information content (AvgIpc) is 3.16. The van der Waals surface area contributed by atoms with Gasteiger partial charge in [-0.2, -0.15) is 13.2 Å². The minimum Gasteiger partial charge on any atom is -0.305 e. The number of likely N-dealkylation sites (tertiary alicyclic amines) is 1. The van der Waals surface area contributed by atoms with E-state index in [2.05, 4.69) is 55.3 Å². The maximum Gasteiger partial charge on any atom is 0.416 e. The van der Waals surface area contributed by atoms with E-state index in [1.165, 1.54) is 30.7 Å². The predicted octanol–water partition coefficient (Wildman–Crippen LogP) is 6.02. The van der Waals surface area contributed by atoms with Gasteiger partial charge in [-0.05, 0) is 55.1 Å². The summed E-state index contributed by atoms with van der Waals surface area (Å²) >= 11 is 5.16. The number of benzene rings is 2. The fraction of sp³-hybridized carbons (Fsp3) is 0.417. The lowest BCUT2D eigenvalue weighted by Crippen LogP contribution is -2.27. The van der Waals surface area contributed by atoms with Crippen LogP contribution >= 0.6 is 27.7 Å². The Labute approximate surface area is 203 Å². The fourth-order valence-corrected chi connectivity index (χ4v) is 6.04. The van der Waals surface area contributed by atoms with E-state index in [-0.39, 0.29) is 0 Å². The molecule has 0 bridgehead atoms. The largest absolute Gasteiger partial charge is 0.416 e. The smallest absolute Gasteiger partial charge is 0.305 e. The molecule has 2 atom stereocenters. The van der Waals surface area contributed by atoms with Gasteiger partial charge in [0.1, 0.15) is 0 Å². The van der Waals surface area contributed by atoms with Crippen LogP contribution in [0.5, 0.6) is 0 Å². The van der Waals surface area contributed by atoms with Gasteiger partial charge in [-0.3, -0.25) is 0 Å². The Morgan fingerprint density at radius 3 is 2.52 bits per heavy atom. The standard InChI is InChI=1S/C24H24BrF3N4S/c1-31-21(16-3-5-18(6-4-16)24(26,27)28)29-30-22(31)33-12-2-11-32-14-19-13-23(19,15-32)17-7-9-20(25)10-8-17/h3-10,19H,2,11-15H2,1H3/t19-,23+/m0/s1. The molecular formula is C24H24BrF3N4S. The Bertz CT molecular complexity index is 1130. The minimum absolute atomic E-state index is 0.355. The molecular weight excluding hydrogens is 513 g/mol. The van der Waals surface area contributed by atoms with Gasteiger partial charge in [-0.1, -0.05) is 52.0 Å². The van der Waals surface area contributed by atoms with Crippen LogP contribution in [0.15, 0.2) is 58.2 Å². The maximum absolute atomic E-state index is 12.8. The van der Waals surface area contributed by atoms with Gasteiger partial charge in [-0.15, -0.1) is 10.2 Å².